The zero-order valence-corrected chi connectivity index (χ0v) is 9.45. The van der Waals surface area contributed by atoms with E-state index in [1.807, 2.05) is 0 Å². The highest BCUT2D eigenvalue weighted by atomic mass is 19.4. The Labute approximate surface area is 102 Å². The molecule has 1 N–H and O–H groups in total. The molecule has 2 aromatic rings. The third-order valence-corrected chi connectivity index (χ3v) is 2.52. The molecule has 18 heavy (non-hydrogen) atoms. The van der Waals surface area contributed by atoms with Crippen LogP contribution in [0.3, 0.4) is 0 Å². The van der Waals surface area contributed by atoms with Gasteiger partial charge in [0, 0.05) is 0 Å². The summed E-state index contributed by atoms with van der Waals surface area (Å²) in [6.45, 7) is 0.0338. The molecule has 0 bridgehead atoms. The van der Waals surface area contributed by atoms with Crippen LogP contribution in [-0.2, 0) is 6.54 Å². The standard InChI is InChI=1S/C13H12F3NO/c14-13(15,16)12(10-5-2-1-3-6-10)17-9-11-7-4-8-18-11/h1-8,12,17H,9H2. The minimum Gasteiger partial charge on any atom is -0.468 e. The fourth-order valence-corrected chi connectivity index (χ4v) is 1.68. The monoisotopic (exact) mass is 255 g/mol. The van der Waals surface area contributed by atoms with Crippen molar-refractivity contribution in [2.24, 2.45) is 0 Å². The Hall–Kier alpha value is -1.75. The second-order valence-corrected chi connectivity index (χ2v) is 3.85. The van der Waals surface area contributed by atoms with E-state index in [2.05, 4.69) is 5.32 Å². The molecule has 0 aliphatic heterocycles. The quantitative estimate of drug-likeness (QED) is 0.901. The van der Waals surface area contributed by atoms with E-state index in [0.29, 0.717) is 5.76 Å². The summed E-state index contributed by atoms with van der Waals surface area (Å²) in [5.74, 6) is 0.472. The van der Waals surface area contributed by atoms with Gasteiger partial charge in [-0.25, -0.2) is 0 Å². The molecule has 0 saturated heterocycles. The van der Waals surface area contributed by atoms with Crippen LogP contribution in [0.1, 0.15) is 17.4 Å². The highest BCUT2D eigenvalue weighted by molar-refractivity contribution is 5.20. The van der Waals surface area contributed by atoms with E-state index in [1.165, 1.54) is 18.4 Å². The lowest BCUT2D eigenvalue weighted by atomic mass is 10.1. The first kappa shape index (κ1) is 12.7. The maximum atomic E-state index is 12.9. The molecule has 0 amide bonds. The third kappa shape index (κ3) is 3.13. The second-order valence-electron chi connectivity index (χ2n) is 3.85. The Morgan fingerprint density at radius 3 is 2.33 bits per heavy atom. The Bertz CT molecular complexity index is 465. The van der Waals surface area contributed by atoms with Crippen molar-refractivity contribution >= 4 is 0 Å². The molecule has 0 radical (unpaired) electrons. The van der Waals surface area contributed by atoms with Crippen molar-refractivity contribution in [1.82, 2.24) is 5.32 Å². The Morgan fingerprint density at radius 1 is 1.06 bits per heavy atom. The predicted molar refractivity (Wildman–Crippen MR) is 60.8 cm³/mol. The minimum absolute atomic E-state index is 0.0338. The van der Waals surface area contributed by atoms with Crippen LogP contribution in [0.25, 0.3) is 0 Å². The number of halogens is 3. The summed E-state index contributed by atoms with van der Waals surface area (Å²) >= 11 is 0. The summed E-state index contributed by atoms with van der Waals surface area (Å²) in [6, 6.07) is 9.34. The van der Waals surface area contributed by atoms with Gasteiger partial charge in [0.15, 0.2) is 0 Å². The van der Waals surface area contributed by atoms with Gasteiger partial charge in [-0.15, -0.1) is 0 Å². The number of alkyl halides is 3. The molecule has 1 aromatic carbocycles. The summed E-state index contributed by atoms with van der Waals surface area (Å²) in [7, 11) is 0. The largest absolute Gasteiger partial charge is 0.468 e. The number of benzene rings is 1. The van der Waals surface area contributed by atoms with E-state index in [9.17, 15) is 13.2 Å². The lowest BCUT2D eigenvalue weighted by Crippen LogP contribution is -2.33. The summed E-state index contributed by atoms with van der Waals surface area (Å²) in [5.41, 5.74) is 0.191. The van der Waals surface area contributed by atoms with E-state index in [0.717, 1.165) is 0 Å². The normalized spacial score (nSPS) is 13.5. The van der Waals surface area contributed by atoms with Crippen LogP contribution in [0.15, 0.2) is 53.1 Å². The lowest BCUT2D eigenvalue weighted by Gasteiger charge is -2.21. The molecule has 1 heterocycles. The Balaban J connectivity index is 2.12. The Kier molecular flexibility index (Phi) is 3.72. The lowest BCUT2D eigenvalue weighted by molar-refractivity contribution is -0.158. The van der Waals surface area contributed by atoms with Crippen LogP contribution < -0.4 is 5.32 Å². The van der Waals surface area contributed by atoms with Crippen molar-refractivity contribution in [3.05, 3.63) is 60.1 Å². The molecule has 2 nitrogen and oxygen atoms in total. The third-order valence-electron chi connectivity index (χ3n) is 2.52. The van der Waals surface area contributed by atoms with Crippen LogP contribution in [-0.4, -0.2) is 6.18 Å². The number of hydrogen-bond acceptors (Lipinski definition) is 2. The van der Waals surface area contributed by atoms with E-state index < -0.39 is 12.2 Å². The number of nitrogens with one attached hydrogen (secondary N) is 1. The van der Waals surface area contributed by atoms with Gasteiger partial charge >= 0.3 is 6.18 Å². The first-order chi connectivity index (χ1) is 8.57. The SMILES string of the molecule is FC(F)(F)C(NCc1ccco1)c1ccccc1. The smallest absolute Gasteiger partial charge is 0.407 e. The number of hydrogen-bond donors (Lipinski definition) is 1. The molecule has 96 valence electrons. The van der Waals surface area contributed by atoms with E-state index in [-0.39, 0.29) is 12.1 Å². The van der Waals surface area contributed by atoms with Gasteiger partial charge in [0.2, 0.25) is 0 Å². The van der Waals surface area contributed by atoms with Gasteiger partial charge in [-0.2, -0.15) is 13.2 Å². The molecule has 0 aliphatic carbocycles. The van der Waals surface area contributed by atoms with Gasteiger partial charge in [0.1, 0.15) is 11.8 Å². The predicted octanol–water partition coefficient (Wildman–Crippen LogP) is 3.67. The average Bonchev–Trinajstić information content (AvgIpc) is 2.82. The molecule has 1 atom stereocenters. The van der Waals surface area contributed by atoms with Crippen molar-refractivity contribution in [2.75, 3.05) is 0 Å². The highest BCUT2D eigenvalue weighted by Crippen LogP contribution is 2.32. The van der Waals surface area contributed by atoms with Gasteiger partial charge in [0.25, 0.3) is 0 Å². The summed E-state index contributed by atoms with van der Waals surface area (Å²) < 4.78 is 43.8. The van der Waals surface area contributed by atoms with Crippen LogP contribution in [0.4, 0.5) is 13.2 Å². The summed E-state index contributed by atoms with van der Waals surface area (Å²) in [5, 5.41) is 2.46. The topological polar surface area (TPSA) is 25.2 Å². The maximum Gasteiger partial charge on any atom is 0.407 e. The van der Waals surface area contributed by atoms with Crippen LogP contribution in [0.2, 0.25) is 0 Å². The molecule has 0 aliphatic rings. The van der Waals surface area contributed by atoms with Gasteiger partial charge in [-0.1, -0.05) is 30.3 Å². The van der Waals surface area contributed by atoms with Gasteiger partial charge in [-0.05, 0) is 17.7 Å². The van der Waals surface area contributed by atoms with Crippen molar-refractivity contribution in [3.8, 4) is 0 Å². The fourth-order valence-electron chi connectivity index (χ4n) is 1.68. The maximum absolute atomic E-state index is 12.9. The number of furan rings is 1. The molecule has 1 aromatic heterocycles. The molecule has 0 fully saturated rings. The van der Waals surface area contributed by atoms with Gasteiger partial charge in [-0.3, -0.25) is 5.32 Å². The molecule has 1 unspecified atom stereocenters. The minimum atomic E-state index is -4.34. The molecule has 2 rings (SSSR count). The van der Waals surface area contributed by atoms with Gasteiger partial charge < -0.3 is 4.42 Å². The van der Waals surface area contributed by atoms with E-state index in [1.54, 1.807) is 30.3 Å². The van der Waals surface area contributed by atoms with E-state index in [4.69, 9.17) is 4.42 Å². The molecule has 0 spiro atoms. The molecular formula is C13H12F3NO. The molecular weight excluding hydrogens is 243 g/mol. The average molecular weight is 255 g/mol. The second kappa shape index (κ2) is 5.27. The van der Waals surface area contributed by atoms with E-state index >= 15 is 0 Å². The van der Waals surface area contributed by atoms with Crippen LogP contribution >= 0.6 is 0 Å². The zero-order valence-electron chi connectivity index (χ0n) is 9.45. The first-order valence-electron chi connectivity index (χ1n) is 5.45. The summed E-state index contributed by atoms with van der Waals surface area (Å²) in [6.07, 6.45) is -2.91. The van der Waals surface area contributed by atoms with Crippen molar-refractivity contribution in [2.45, 2.75) is 18.8 Å². The van der Waals surface area contributed by atoms with Crippen molar-refractivity contribution in [1.29, 1.82) is 0 Å². The number of rotatable bonds is 4. The first-order valence-corrected chi connectivity index (χ1v) is 5.45. The van der Waals surface area contributed by atoms with Crippen LogP contribution in [0, 0.1) is 0 Å². The van der Waals surface area contributed by atoms with Gasteiger partial charge in [0.05, 0.1) is 12.8 Å². The summed E-state index contributed by atoms with van der Waals surface area (Å²) in [4.78, 5) is 0. The highest BCUT2D eigenvalue weighted by Gasteiger charge is 2.40. The fraction of sp³-hybridized carbons (Fsp3) is 0.231. The molecule has 5 heteroatoms. The van der Waals surface area contributed by atoms with Crippen molar-refractivity contribution in [3.63, 3.8) is 0 Å². The van der Waals surface area contributed by atoms with Crippen molar-refractivity contribution < 1.29 is 17.6 Å². The molecule has 0 saturated carbocycles. The zero-order chi connectivity index (χ0) is 13.0. The van der Waals surface area contributed by atoms with Crippen LogP contribution in [0.5, 0.6) is 0 Å². The Morgan fingerprint density at radius 2 is 1.78 bits per heavy atom.